The summed E-state index contributed by atoms with van der Waals surface area (Å²) in [6.07, 6.45) is 2.22. The number of likely N-dealkylation sites (tertiary alicyclic amines) is 1. The topological polar surface area (TPSA) is 47.6 Å². The van der Waals surface area contributed by atoms with Crippen LogP contribution in [0.3, 0.4) is 0 Å². The van der Waals surface area contributed by atoms with E-state index in [9.17, 15) is 4.79 Å². The Balaban J connectivity index is 1.68. The second-order valence-electron chi connectivity index (χ2n) is 12.0. The molecule has 4 rings (SSSR count). The molecule has 2 heterocycles. The van der Waals surface area contributed by atoms with Crippen LogP contribution in [0.15, 0.2) is 16.6 Å². The zero-order valence-electron chi connectivity index (χ0n) is 21.8. The first-order valence-electron chi connectivity index (χ1n) is 12.7. The maximum Gasteiger partial charge on any atom is 0.317 e. The van der Waals surface area contributed by atoms with E-state index in [2.05, 4.69) is 84.5 Å². The van der Waals surface area contributed by atoms with E-state index in [4.69, 9.17) is 0 Å². The van der Waals surface area contributed by atoms with Crippen molar-refractivity contribution in [1.29, 1.82) is 0 Å². The number of carbonyl (C=O) groups is 1. The highest BCUT2D eigenvalue weighted by atomic mass is 79.9. The lowest BCUT2D eigenvalue weighted by atomic mass is 9.69. The van der Waals surface area contributed by atoms with E-state index >= 15 is 0 Å². The zero-order chi connectivity index (χ0) is 24.3. The fourth-order valence-electron chi connectivity index (χ4n) is 6.47. The summed E-state index contributed by atoms with van der Waals surface area (Å²) in [5.41, 5.74) is 4.96. The molecule has 3 unspecified atom stereocenters. The van der Waals surface area contributed by atoms with Gasteiger partial charge in [0.05, 0.1) is 8.07 Å². The second kappa shape index (κ2) is 8.87. The van der Waals surface area contributed by atoms with Gasteiger partial charge in [0.1, 0.15) is 0 Å². The van der Waals surface area contributed by atoms with Crippen molar-refractivity contribution in [2.24, 2.45) is 0 Å². The number of benzene rings is 1. The standard InChI is InChI=1S/C26H43BrN4OSi/c1-9-31(10-2)25(32)28-16-13-17-21(30(6)15-16)14-18-23-20(12-11-19(27)22(17)23)29-24(18)33(7,8)26(3,4)5/h11-12,16-18,21,24,29H,9-10,13-15H2,1-8H3,(H,28,32)/t16-,17?,18?,21+,24?/m0/s1. The number of urea groups is 1. The van der Waals surface area contributed by atoms with Gasteiger partial charge in [-0.1, -0.05) is 49.8 Å². The molecule has 1 aliphatic carbocycles. The second-order valence-corrected chi connectivity index (χ2v) is 18.4. The van der Waals surface area contributed by atoms with Gasteiger partial charge in [-0.2, -0.15) is 0 Å². The van der Waals surface area contributed by atoms with Gasteiger partial charge >= 0.3 is 6.03 Å². The number of halogens is 1. The van der Waals surface area contributed by atoms with Crippen molar-refractivity contribution in [3.05, 3.63) is 27.7 Å². The molecule has 2 aliphatic heterocycles. The average Bonchev–Trinajstić information content (AvgIpc) is 3.10. The van der Waals surface area contributed by atoms with Crippen LogP contribution in [0.1, 0.15) is 70.4 Å². The molecular weight excluding hydrogens is 492 g/mol. The number of nitrogens with zero attached hydrogens (tertiary/aromatic N) is 2. The predicted octanol–water partition coefficient (Wildman–Crippen LogP) is 5.99. The molecule has 0 aromatic heterocycles. The number of carbonyl (C=O) groups excluding carboxylic acids is 1. The van der Waals surface area contributed by atoms with E-state index in [0.717, 1.165) is 26.1 Å². The molecular formula is C26H43BrN4OSi. The zero-order valence-corrected chi connectivity index (χ0v) is 24.3. The highest BCUT2D eigenvalue weighted by molar-refractivity contribution is 9.10. The van der Waals surface area contributed by atoms with E-state index in [0.29, 0.717) is 28.6 Å². The summed E-state index contributed by atoms with van der Waals surface area (Å²) in [5, 5.41) is 7.72. The molecule has 7 heteroatoms. The monoisotopic (exact) mass is 534 g/mol. The maximum absolute atomic E-state index is 12.8. The summed E-state index contributed by atoms with van der Waals surface area (Å²) in [7, 11) is 0.661. The summed E-state index contributed by atoms with van der Waals surface area (Å²) >= 11 is 3.95. The quantitative estimate of drug-likeness (QED) is 0.466. The lowest BCUT2D eigenvalue weighted by Gasteiger charge is -2.51. The number of hydrogen-bond donors (Lipinski definition) is 2. The summed E-state index contributed by atoms with van der Waals surface area (Å²) in [5.74, 6) is 1.00. The Labute approximate surface area is 210 Å². The summed E-state index contributed by atoms with van der Waals surface area (Å²) in [6, 6.07) is 5.29. The summed E-state index contributed by atoms with van der Waals surface area (Å²) < 4.78 is 1.24. The number of anilines is 1. The van der Waals surface area contributed by atoms with Gasteiger partial charge in [-0.05, 0) is 62.0 Å². The van der Waals surface area contributed by atoms with Crippen LogP contribution in [0.2, 0.25) is 18.1 Å². The minimum Gasteiger partial charge on any atom is -0.384 e. The van der Waals surface area contributed by atoms with Crippen LogP contribution in [0.5, 0.6) is 0 Å². The third kappa shape index (κ3) is 4.16. The van der Waals surface area contributed by atoms with Crippen molar-refractivity contribution < 1.29 is 4.79 Å². The van der Waals surface area contributed by atoms with Crippen LogP contribution < -0.4 is 10.6 Å². The van der Waals surface area contributed by atoms with Crippen LogP contribution in [-0.2, 0) is 0 Å². The van der Waals surface area contributed by atoms with Gasteiger partial charge in [0.2, 0.25) is 0 Å². The highest BCUT2D eigenvalue weighted by Gasteiger charge is 2.54. The molecule has 0 radical (unpaired) electrons. The van der Waals surface area contributed by atoms with Crippen LogP contribution in [0.4, 0.5) is 10.5 Å². The number of rotatable bonds is 4. The van der Waals surface area contributed by atoms with Gasteiger partial charge in [0.15, 0.2) is 0 Å². The van der Waals surface area contributed by atoms with Crippen molar-refractivity contribution in [3.8, 4) is 0 Å². The van der Waals surface area contributed by atoms with Crippen LogP contribution >= 0.6 is 15.9 Å². The van der Waals surface area contributed by atoms with Crippen LogP contribution in [0, 0.1) is 0 Å². The molecule has 1 saturated heterocycles. The van der Waals surface area contributed by atoms with E-state index < -0.39 is 8.07 Å². The minimum absolute atomic E-state index is 0.0718. The Bertz CT molecular complexity index is 910. The average molecular weight is 536 g/mol. The summed E-state index contributed by atoms with van der Waals surface area (Å²) in [4.78, 5) is 17.2. The van der Waals surface area contributed by atoms with E-state index in [1.54, 1.807) is 5.56 Å². The predicted molar refractivity (Wildman–Crippen MR) is 145 cm³/mol. The first-order valence-corrected chi connectivity index (χ1v) is 16.6. The molecule has 184 valence electrons. The van der Waals surface area contributed by atoms with Crippen molar-refractivity contribution in [2.45, 2.75) is 95.2 Å². The Morgan fingerprint density at radius 1 is 1.18 bits per heavy atom. The van der Waals surface area contributed by atoms with Gasteiger partial charge in [0.25, 0.3) is 0 Å². The number of amides is 2. The molecule has 5 nitrogen and oxygen atoms in total. The molecule has 1 aromatic carbocycles. The number of nitrogens with one attached hydrogen (secondary N) is 2. The van der Waals surface area contributed by atoms with Crippen molar-refractivity contribution >= 4 is 35.7 Å². The van der Waals surface area contributed by atoms with Gasteiger partial charge in [0, 0.05) is 59.4 Å². The number of fused-ring (bicyclic) bond motifs is 2. The van der Waals surface area contributed by atoms with E-state index in [-0.39, 0.29) is 12.1 Å². The normalized spacial score (nSPS) is 29.2. The van der Waals surface area contributed by atoms with Crippen LogP contribution in [0.25, 0.3) is 0 Å². The molecule has 0 saturated carbocycles. The SMILES string of the molecule is CCN(CC)C(=O)N[C@H]1CC2c3c(Br)ccc4c3C(C[C@H]2N(C)C1)C([Si](C)(C)C(C)(C)C)N4. The molecule has 0 bridgehead atoms. The molecule has 5 atom stereocenters. The molecule has 33 heavy (non-hydrogen) atoms. The summed E-state index contributed by atoms with van der Waals surface area (Å²) in [6.45, 7) is 18.9. The molecule has 3 aliphatic rings. The highest BCUT2D eigenvalue weighted by Crippen LogP contribution is 2.57. The van der Waals surface area contributed by atoms with Crippen molar-refractivity contribution in [1.82, 2.24) is 15.1 Å². The first kappa shape index (κ1) is 25.1. The Morgan fingerprint density at radius 3 is 2.45 bits per heavy atom. The lowest BCUT2D eigenvalue weighted by molar-refractivity contribution is 0.107. The molecule has 2 N–H and O–H groups in total. The minimum atomic E-state index is -1.60. The maximum atomic E-state index is 12.8. The van der Waals surface area contributed by atoms with Crippen molar-refractivity contribution in [2.75, 3.05) is 32.0 Å². The van der Waals surface area contributed by atoms with Gasteiger partial charge in [-0.25, -0.2) is 4.79 Å². The molecule has 2 amide bonds. The Hall–Kier alpha value is -1.05. The molecule has 1 fully saturated rings. The Morgan fingerprint density at radius 2 is 1.85 bits per heavy atom. The van der Waals surface area contributed by atoms with E-state index in [1.165, 1.54) is 22.1 Å². The van der Waals surface area contributed by atoms with Crippen LogP contribution in [-0.4, -0.2) is 68.3 Å². The van der Waals surface area contributed by atoms with Gasteiger partial charge in [-0.3, -0.25) is 0 Å². The third-order valence-corrected chi connectivity index (χ3v) is 16.0. The number of piperidine rings is 1. The van der Waals surface area contributed by atoms with Crippen molar-refractivity contribution in [3.63, 3.8) is 0 Å². The van der Waals surface area contributed by atoms with Gasteiger partial charge < -0.3 is 20.4 Å². The fourth-order valence-corrected chi connectivity index (χ4v) is 9.87. The number of hydrogen-bond acceptors (Lipinski definition) is 3. The molecule has 1 aromatic rings. The lowest BCUT2D eigenvalue weighted by Crippen LogP contribution is -2.59. The fraction of sp³-hybridized carbons (Fsp3) is 0.731. The largest absolute Gasteiger partial charge is 0.384 e. The first-order chi connectivity index (χ1) is 15.4. The van der Waals surface area contributed by atoms with Gasteiger partial charge in [-0.15, -0.1) is 0 Å². The Kier molecular flexibility index (Phi) is 6.73. The molecule has 0 spiro atoms. The smallest absolute Gasteiger partial charge is 0.317 e. The number of likely N-dealkylation sites (N-methyl/N-ethyl adjacent to an activating group) is 1. The third-order valence-electron chi connectivity index (χ3n) is 9.35. The van der Waals surface area contributed by atoms with E-state index in [1.807, 2.05) is 18.7 Å².